The lowest BCUT2D eigenvalue weighted by Gasteiger charge is -2.12. The Labute approximate surface area is 201 Å². The summed E-state index contributed by atoms with van der Waals surface area (Å²) in [5.74, 6) is 0.412. The molecule has 7 heteroatoms. The molecule has 0 spiro atoms. The van der Waals surface area contributed by atoms with Crippen molar-refractivity contribution in [1.82, 2.24) is 15.6 Å². The van der Waals surface area contributed by atoms with Crippen LogP contribution in [0.25, 0.3) is 22.0 Å². The molecule has 5 aromatic rings. The molecular weight excluding hydrogens is 440 g/mol. The van der Waals surface area contributed by atoms with Crippen LogP contribution in [0.2, 0.25) is 0 Å². The molecule has 1 aromatic heterocycles. The number of ether oxygens (including phenoxy) is 1. The third-order valence-corrected chi connectivity index (χ3v) is 5.52. The molecule has 0 aliphatic heterocycles. The van der Waals surface area contributed by atoms with Crippen LogP contribution in [0.4, 0.5) is 0 Å². The van der Waals surface area contributed by atoms with E-state index < -0.39 is 5.91 Å². The van der Waals surface area contributed by atoms with Crippen LogP contribution in [0.1, 0.15) is 21.6 Å². The summed E-state index contributed by atoms with van der Waals surface area (Å²) < 4.78 is 6.18. The van der Waals surface area contributed by atoms with Gasteiger partial charge in [-0.1, -0.05) is 54.6 Å². The molecule has 0 atom stereocenters. The van der Waals surface area contributed by atoms with E-state index in [4.69, 9.17) is 4.74 Å². The molecular formula is C28H22N4O3. The lowest BCUT2D eigenvalue weighted by molar-refractivity contribution is 0.0950. The van der Waals surface area contributed by atoms with E-state index in [0.29, 0.717) is 18.1 Å². The summed E-state index contributed by atoms with van der Waals surface area (Å²) in [6, 6.07) is 30.1. The Kier molecular flexibility index (Phi) is 6.21. The van der Waals surface area contributed by atoms with Gasteiger partial charge in [0, 0.05) is 5.56 Å². The van der Waals surface area contributed by atoms with Crippen LogP contribution in [0, 0.1) is 0 Å². The van der Waals surface area contributed by atoms with Crippen molar-refractivity contribution in [2.24, 2.45) is 5.10 Å². The second-order valence-electron chi connectivity index (χ2n) is 7.88. The van der Waals surface area contributed by atoms with Gasteiger partial charge in [-0.05, 0) is 64.4 Å². The van der Waals surface area contributed by atoms with Gasteiger partial charge in [-0.15, -0.1) is 0 Å². The number of hydrogen-bond acceptors (Lipinski definition) is 5. The van der Waals surface area contributed by atoms with Gasteiger partial charge in [-0.25, -0.2) is 5.43 Å². The average molecular weight is 463 g/mol. The molecule has 0 unspecified atom stereocenters. The first-order chi connectivity index (χ1) is 17.2. The van der Waals surface area contributed by atoms with E-state index in [1.807, 2.05) is 42.5 Å². The number of hydrogen-bond donors (Lipinski definition) is 3. The number of phenolic OH excluding ortho intramolecular Hbond substituents is 1. The fourth-order valence-electron chi connectivity index (χ4n) is 3.74. The third kappa shape index (κ3) is 5.04. The molecule has 7 nitrogen and oxygen atoms in total. The SMILES string of the molecule is O=C(N/N=C/c1ccc(O)cc1)c1cc(-c2ccccc2OCc2cccc3ccccc23)n[nH]1. The van der Waals surface area contributed by atoms with Crippen molar-refractivity contribution in [3.05, 3.63) is 114 Å². The van der Waals surface area contributed by atoms with Crippen LogP contribution in [-0.4, -0.2) is 27.4 Å². The molecule has 0 aliphatic carbocycles. The predicted molar refractivity (Wildman–Crippen MR) is 135 cm³/mol. The number of fused-ring (bicyclic) bond motifs is 1. The zero-order chi connectivity index (χ0) is 24.0. The van der Waals surface area contributed by atoms with Crippen LogP contribution in [0.15, 0.2) is 102 Å². The number of amides is 1. The molecule has 172 valence electrons. The van der Waals surface area contributed by atoms with Gasteiger partial charge in [-0.3, -0.25) is 9.89 Å². The maximum atomic E-state index is 12.5. The standard InChI is InChI=1S/C28H22N4O3/c33-22-14-12-19(13-15-22)17-29-32-28(34)26-16-25(30-31-26)24-10-3-4-11-27(24)35-18-21-8-5-7-20-6-1-2-9-23(20)21/h1-17,33H,18H2,(H,30,31)(H,32,34)/b29-17+. The van der Waals surface area contributed by atoms with Gasteiger partial charge >= 0.3 is 0 Å². The number of para-hydroxylation sites is 1. The topological polar surface area (TPSA) is 99.6 Å². The summed E-state index contributed by atoms with van der Waals surface area (Å²) in [4.78, 5) is 12.5. The van der Waals surface area contributed by atoms with E-state index in [9.17, 15) is 9.90 Å². The summed E-state index contributed by atoms with van der Waals surface area (Å²) in [5, 5.41) is 22.7. The highest BCUT2D eigenvalue weighted by Crippen LogP contribution is 2.30. The molecule has 0 aliphatic rings. The normalized spacial score (nSPS) is 11.1. The van der Waals surface area contributed by atoms with E-state index in [0.717, 1.165) is 27.5 Å². The van der Waals surface area contributed by atoms with Crippen LogP contribution < -0.4 is 10.2 Å². The lowest BCUT2D eigenvalue weighted by atomic mass is 10.1. The number of rotatable bonds is 7. The van der Waals surface area contributed by atoms with Crippen molar-refractivity contribution in [2.75, 3.05) is 0 Å². The van der Waals surface area contributed by atoms with E-state index in [1.165, 1.54) is 6.21 Å². The molecule has 1 amide bonds. The minimum Gasteiger partial charge on any atom is -0.508 e. The summed E-state index contributed by atoms with van der Waals surface area (Å²) in [7, 11) is 0. The van der Waals surface area contributed by atoms with Gasteiger partial charge in [0.2, 0.25) is 0 Å². The van der Waals surface area contributed by atoms with Crippen LogP contribution in [0.5, 0.6) is 11.5 Å². The quantitative estimate of drug-likeness (QED) is 0.226. The molecule has 1 heterocycles. The van der Waals surface area contributed by atoms with Gasteiger partial charge in [0.15, 0.2) is 0 Å². The first-order valence-corrected chi connectivity index (χ1v) is 11.0. The number of nitrogens with one attached hydrogen (secondary N) is 2. The summed E-state index contributed by atoms with van der Waals surface area (Å²) in [5.41, 5.74) is 5.93. The minimum atomic E-state index is -0.423. The molecule has 0 saturated carbocycles. The van der Waals surface area contributed by atoms with Crippen molar-refractivity contribution in [3.63, 3.8) is 0 Å². The van der Waals surface area contributed by atoms with E-state index in [-0.39, 0.29) is 11.4 Å². The zero-order valence-electron chi connectivity index (χ0n) is 18.7. The molecule has 0 radical (unpaired) electrons. The lowest BCUT2D eigenvalue weighted by Crippen LogP contribution is -2.17. The fraction of sp³-hybridized carbons (Fsp3) is 0.0357. The Bertz CT molecular complexity index is 1500. The van der Waals surface area contributed by atoms with Crippen molar-refractivity contribution in [2.45, 2.75) is 6.61 Å². The second kappa shape index (κ2) is 9.93. The van der Waals surface area contributed by atoms with Crippen LogP contribution in [0.3, 0.4) is 0 Å². The maximum absolute atomic E-state index is 12.5. The van der Waals surface area contributed by atoms with Crippen LogP contribution >= 0.6 is 0 Å². The number of H-pyrrole nitrogens is 1. The molecule has 3 N–H and O–H groups in total. The third-order valence-electron chi connectivity index (χ3n) is 5.52. The average Bonchev–Trinajstić information content (AvgIpc) is 3.39. The highest BCUT2D eigenvalue weighted by atomic mass is 16.5. The number of nitrogens with zero attached hydrogens (tertiary/aromatic N) is 2. The highest BCUT2D eigenvalue weighted by molar-refractivity contribution is 5.94. The molecule has 35 heavy (non-hydrogen) atoms. The maximum Gasteiger partial charge on any atom is 0.289 e. The monoisotopic (exact) mass is 462 g/mol. The van der Waals surface area contributed by atoms with Crippen molar-refractivity contribution in [3.8, 4) is 22.8 Å². The first-order valence-electron chi connectivity index (χ1n) is 11.0. The van der Waals surface area contributed by atoms with Gasteiger partial charge in [0.1, 0.15) is 23.8 Å². The Morgan fingerprint density at radius 3 is 2.63 bits per heavy atom. The number of phenols is 1. The molecule has 4 aromatic carbocycles. The molecule has 0 fully saturated rings. The zero-order valence-corrected chi connectivity index (χ0v) is 18.7. The Morgan fingerprint density at radius 2 is 1.74 bits per heavy atom. The van der Waals surface area contributed by atoms with Crippen molar-refractivity contribution >= 4 is 22.9 Å². The van der Waals surface area contributed by atoms with E-state index in [2.05, 4.69) is 45.0 Å². The number of aromatic nitrogens is 2. The highest BCUT2D eigenvalue weighted by Gasteiger charge is 2.14. The molecule has 0 bridgehead atoms. The van der Waals surface area contributed by atoms with Gasteiger partial charge in [-0.2, -0.15) is 10.2 Å². The molecule has 5 rings (SSSR count). The smallest absolute Gasteiger partial charge is 0.289 e. The van der Waals surface area contributed by atoms with E-state index in [1.54, 1.807) is 30.3 Å². The Hall–Kier alpha value is -4.91. The van der Waals surface area contributed by atoms with Gasteiger partial charge in [0.25, 0.3) is 5.91 Å². The van der Waals surface area contributed by atoms with Crippen molar-refractivity contribution < 1.29 is 14.6 Å². The molecule has 0 saturated heterocycles. The minimum absolute atomic E-state index is 0.164. The number of carbonyl (C=O) groups is 1. The van der Waals surface area contributed by atoms with Crippen LogP contribution in [-0.2, 0) is 6.61 Å². The Balaban J connectivity index is 1.29. The van der Waals surface area contributed by atoms with Crippen molar-refractivity contribution in [1.29, 1.82) is 0 Å². The van der Waals surface area contributed by atoms with Gasteiger partial charge in [0.05, 0.1) is 11.9 Å². The number of hydrazone groups is 1. The number of benzene rings is 4. The van der Waals surface area contributed by atoms with E-state index >= 15 is 0 Å². The summed E-state index contributed by atoms with van der Waals surface area (Å²) in [6.45, 7) is 0.405. The number of aromatic hydroxyl groups is 1. The summed E-state index contributed by atoms with van der Waals surface area (Å²) >= 11 is 0. The number of carbonyl (C=O) groups excluding carboxylic acids is 1. The second-order valence-corrected chi connectivity index (χ2v) is 7.88. The Morgan fingerprint density at radius 1 is 0.971 bits per heavy atom. The first kappa shape index (κ1) is 21.9. The number of aromatic amines is 1. The van der Waals surface area contributed by atoms with Gasteiger partial charge < -0.3 is 9.84 Å². The summed E-state index contributed by atoms with van der Waals surface area (Å²) in [6.07, 6.45) is 1.49. The largest absolute Gasteiger partial charge is 0.508 e. The fourth-order valence-corrected chi connectivity index (χ4v) is 3.74. The predicted octanol–water partition coefficient (Wildman–Crippen LogP) is 5.28.